The van der Waals surface area contributed by atoms with E-state index in [0.29, 0.717) is 22.3 Å². The molecule has 2 aromatic carbocycles. The molecule has 0 spiro atoms. The predicted molar refractivity (Wildman–Crippen MR) is 113 cm³/mol. The molecule has 0 radical (unpaired) electrons. The summed E-state index contributed by atoms with van der Waals surface area (Å²) in [4.78, 5) is 33.8. The SMILES string of the molecule is NC(=O)C(O)(c1ccccc1)c1ccc(-c2ccnc3[nH]c(=O)[nH]c23)cc1C1CC1. The molecule has 30 heavy (non-hydrogen) atoms. The van der Waals surface area contributed by atoms with Crippen molar-refractivity contribution in [1.82, 2.24) is 15.0 Å². The molecule has 2 heterocycles. The number of benzene rings is 2. The number of H-pyrrole nitrogens is 2. The molecular weight excluding hydrogens is 380 g/mol. The molecule has 1 unspecified atom stereocenters. The number of aromatic amines is 2. The number of primary amides is 1. The summed E-state index contributed by atoms with van der Waals surface area (Å²) in [5.41, 5.74) is 8.06. The molecule has 7 nitrogen and oxygen atoms in total. The summed E-state index contributed by atoms with van der Waals surface area (Å²) in [6, 6.07) is 16.2. The van der Waals surface area contributed by atoms with Gasteiger partial charge in [0.1, 0.15) is 0 Å². The lowest BCUT2D eigenvalue weighted by molar-refractivity contribution is -0.133. The number of pyridine rings is 1. The first-order valence-corrected chi connectivity index (χ1v) is 9.78. The van der Waals surface area contributed by atoms with Crippen molar-refractivity contribution in [2.75, 3.05) is 0 Å². The summed E-state index contributed by atoms with van der Waals surface area (Å²) in [7, 11) is 0. The second-order valence-electron chi connectivity index (χ2n) is 7.68. The highest BCUT2D eigenvalue weighted by Crippen LogP contribution is 2.47. The Morgan fingerprint density at radius 2 is 1.87 bits per heavy atom. The fourth-order valence-electron chi connectivity index (χ4n) is 4.08. The van der Waals surface area contributed by atoms with Crippen molar-refractivity contribution < 1.29 is 9.90 Å². The number of aliphatic hydroxyl groups is 1. The van der Waals surface area contributed by atoms with Crippen molar-refractivity contribution in [2.45, 2.75) is 24.4 Å². The number of nitrogens with zero attached hydrogens (tertiary/aromatic N) is 1. The average molecular weight is 400 g/mol. The van der Waals surface area contributed by atoms with Crippen molar-refractivity contribution in [3.63, 3.8) is 0 Å². The van der Waals surface area contributed by atoms with Crippen LogP contribution in [0.5, 0.6) is 0 Å². The number of fused-ring (bicyclic) bond motifs is 1. The molecule has 1 atom stereocenters. The van der Waals surface area contributed by atoms with Gasteiger partial charge in [0.05, 0.1) is 5.52 Å². The van der Waals surface area contributed by atoms with Crippen molar-refractivity contribution in [3.8, 4) is 11.1 Å². The van der Waals surface area contributed by atoms with Crippen LogP contribution in [0.15, 0.2) is 65.6 Å². The maximum absolute atomic E-state index is 12.5. The van der Waals surface area contributed by atoms with Crippen LogP contribution in [0.3, 0.4) is 0 Å². The van der Waals surface area contributed by atoms with E-state index in [1.807, 2.05) is 24.3 Å². The molecule has 1 amide bonds. The highest BCUT2D eigenvalue weighted by Gasteiger charge is 2.42. The van der Waals surface area contributed by atoms with Crippen LogP contribution in [-0.2, 0) is 10.4 Å². The van der Waals surface area contributed by atoms with Gasteiger partial charge in [0.2, 0.25) is 0 Å². The van der Waals surface area contributed by atoms with Crippen LogP contribution in [-0.4, -0.2) is 26.0 Å². The standard InChI is InChI=1S/C23H20N4O3/c24-21(28)23(30,15-4-2-1-3-5-15)18-9-8-14(12-17(18)13-6-7-13)16-10-11-25-20-19(16)26-22(29)27-20/h1-5,8-13,30H,6-7H2,(H2,24,28)(H2,25,26,27,29). The van der Waals surface area contributed by atoms with Crippen LogP contribution in [0.2, 0.25) is 0 Å². The number of hydrogen-bond donors (Lipinski definition) is 4. The van der Waals surface area contributed by atoms with Gasteiger partial charge in [-0.2, -0.15) is 0 Å². The molecule has 7 heteroatoms. The number of rotatable bonds is 5. The Labute approximate surface area is 171 Å². The Hall–Kier alpha value is -3.71. The fraction of sp³-hybridized carbons (Fsp3) is 0.174. The second kappa shape index (κ2) is 6.67. The highest BCUT2D eigenvalue weighted by atomic mass is 16.3. The molecule has 1 aliphatic rings. The van der Waals surface area contributed by atoms with E-state index >= 15 is 0 Å². The van der Waals surface area contributed by atoms with Crippen molar-refractivity contribution >= 4 is 17.1 Å². The lowest BCUT2D eigenvalue weighted by Gasteiger charge is -2.28. The summed E-state index contributed by atoms with van der Waals surface area (Å²) in [5, 5.41) is 11.5. The van der Waals surface area contributed by atoms with Crippen LogP contribution in [0, 0.1) is 0 Å². The molecule has 5 rings (SSSR count). The lowest BCUT2D eigenvalue weighted by Crippen LogP contribution is -2.42. The third-order valence-corrected chi connectivity index (χ3v) is 5.74. The van der Waals surface area contributed by atoms with Gasteiger partial charge in [-0.3, -0.25) is 9.78 Å². The van der Waals surface area contributed by atoms with Crippen LogP contribution < -0.4 is 11.4 Å². The molecule has 1 fully saturated rings. The van der Waals surface area contributed by atoms with Gasteiger partial charge in [-0.1, -0.05) is 48.5 Å². The summed E-state index contributed by atoms with van der Waals surface area (Å²) in [5.74, 6) is -0.568. The van der Waals surface area contributed by atoms with Gasteiger partial charge in [0.25, 0.3) is 5.91 Å². The predicted octanol–water partition coefficient (Wildman–Crippen LogP) is 2.52. The minimum Gasteiger partial charge on any atom is -0.372 e. The van der Waals surface area contributed by atoms with E-state index in [1.54, 1.807) is 36.5 Å². The zero-order chi connectivity index (χ0) is 20.9. The quantitative estimate of drug-likeness (QED) is 0.411. The summed E-state index contributed by atoms with van der Waals surface area (Å²) >= 11 is 0. The Morgan fingerprint density at radius 1 is 1.10 bits per heavy atom. The van der Waals surface area contributed by atoms with Crippen LogP contribution in [0.25, 0.3) is 22.3 Å². The first kappa shape index (κ1) is 18.3. The topological polar surface area (TPSA) is 125 Å². The largest absolute Gasteiger partial charge is 0.372 e. The van der Waals surface area contributed by atoms with E-state index in [4.69, 9.17) is 5.73 Å². The minimum atomic E-state index is -1.92. The molecule has 150 valence electrons. The zero-order valence-electron chi connectivity index (χ0n) is 16.1. The molecule has 4 aromatic rings. The maximum atomic E-state index is 12.5. The number of hydrogen-bond acceptors (Lipinski definition) is 4. The number of nitrogens with one attached hydrogen (secondary N) is 2. The smallest absolute Gasteiger partial charge is 0.325 e. The van der Waals surface area contributed by atoms with Gasteiger partial charge >= 0.3 is 5.69 Å². The number of aromatic nitrogens is 3. The number of amides is 1. The van der Waals surface area contributed by atoms with Gasteiger partial charge in [0.15, 0.2) is 11.2 Å². The lowest BCUT2D eigenvalue weighted by atomic mass is 9.81. The number of imidazole rings is 1. The first-order valence-electron chi connectivity index (χ1n) is 9.78. The third-order valence-electron chi connectivity index (χ3n) is 5.74. The van der Waals surface area contributed by atoms with E-state index < -0.39 is 11.5 Å². The van der Waals surface area contributed by atoms with Crippen molar-refractivity contribution in [1.29, 1.82) is 0 Å². The molecule has 1 aliphatic carbocycles. The molecular formula is C23H20N4O3. The van der Waals surface area contributed by atoms with Crippen molar-refractivity contribution in [2.24, 2.45) is 5.73 Å². The Morgan fingerprint density at radius 3 is 2.57 bits per heavy atom. The van der Waals surface area contributed by atoms with Crippen LogP contribution >= 0.6 is 0 Å². The van der Waals surface area contributed by atoms with Crippen LogP contribution in [0.1, 0.15) is 35.4 Å². The highest BCUT2D eigenvalue weighted by molar-refractivity contribution is 5.92. The molecule has 2 aromatic heterocycles. The fourth-order valence-corrected chi connectivity index (χ4v) is 4.08. The van der Waals surface area contributed by atoms with E-state index in [2.05, 4.69) is 15.0 Å². The number of nitrogens with two attached hydrogens (primary N) is 1. The normalized spacial score (nSPS) is 15.8. The minimum absolute atomic E-state index is 0.247. The maximum Gasteiger partial charge on any atom is 0.325 e. The molecule has 1 saturated carbocycles. The first-order chi connectivity index (χ1) is 14.5. The Balaban J connectivity index is 1.72. The molecule has 5 N–H and O–H groups in total. The summed E-state index contributed by atoms with van der Waals surface area (Å²) in [6.07, 6.45) is 3.59. The Bertz CT molecular complexity index is 1320. The zero-order valence-corrected chi connectivity index (χ0v) is 16.1. The van der Waals surface area contributed by atoms with E-state index in [-0.39, 0.29) is 11.6 Å². The average Bonchev–Trinajstić information content (AvgIpc) is 3.53. The van der Waals surface area contributed by atoms with Gasteiger partial charge < -0.3 is 15.8 Å². The van der Waals surface area contributed by atoms with Gasteiger partial charge in [-0.05, 0) is 41.5 Å². The van der Waals surface area contributed by atoms with Gasteiger partial charge in [-0.25, -0.2) is 9.78 Å². The van der Waals surface area contributed by atoms with Gasteiger partial charge in [-0.15, -0.1) is 0 Å². The van der Waals surface area contributed by atoms with E-state index in [0.717, 1.165) is 29.5 Å². The monoisotopic (exact) mass is 400 g/mol. The van der Waals surface area contributed by atoms with E-state index in [9.17, 15) is 14.7 Å². The summed E-state index contributed by atoms with van der Waals surface area (Å²) in [6.45, 7) is 0. The number of carbonyl (C=O) groups is 1. The summed E-state index contributed by atoms with van der Waals surface area (Å²) < 4.78 is 0. The third kappa shape index (κ3) is 2.83. The Kier molecular flexibility index (Phi) is 4.08. The van der Waals surface area contributed by atoms with Crippen molar-refractivity contribution in [3.05, 3.63) is 88.0 Å². The molecule has 0 bridgehead atoms. The van der Waals surface area contributed by atoms with Crippen LogP contribution in [0.4, 0.5) is 0 Å². The number of carbonyl (C=O) groups excluding carboxylic acids is 1. The van der Waals surface area contributed by atoms with Gasteiger partial charge in [0, 0.05) is 17.3 Å². The van der Waals surface area contributed by atoms with E-state index in [1.165, 1.54) is 0 Å². The second-order valence-corrected chi connectivity index (χ2v) is 7.68. The molecule has 0 aliphatic heterocycles. The molecule has 0 saturated heterocycles.